The van der Waals surface area contributed by atoms with Crippen molar-refractivity contribution in [2.24, 2.45) is 0 Å². The molecule has 1 unspecified atom stereocenters. The Balaban J connectivity index is 1.71. The first-order valence-electron chi connectivity index (χ1n) is 6.79. The molecular weight excluding hydrogens is 300 g/mol. The van der Waals surface area contributed by atoms with E-state index in [4.69, 9.17) is 4.74 Å². The van der Waals surface area contributed by atoms with Gasteiger partial charge in [0.1, 0.15) is 5.75 Å². The second kappa shape index (κ2) is 5.79. The molecule has 1 aliphatic carbocycles. The topological polar surface area (TPSA) is 9.23 Å². The lowest BCUT2D eigenvalue weighted by atomic mass is 9.83. The molecule has 3 rings (SSSR count). The Kier molecular flexibility index (Phi) is 3.88. The largest absolute Gasteiger partial charge is 0.493 e. The first-order valence-corrected chi connectivity index (χ1v) is 7.58. The zero-order chi connectivity index (χ0) is 13.1. The van der Waals surface area contributed by atoms with E-state index in [0.29, 0.717) is 5.92 Å². The fourth-order valence-corrected chi connectivity index (χ4v) is 3.16. The molecule has 1 aliphatic rings. The molecule has 0 aromatic heterocycles. The molecule has 0 saturated carbocycles. The fraction of sp³-hybridized carbons (Fsp3) is 0.294. The molecule has 2 heteroatoms. The number of ether oxygens (including phenoxy) is 1. The average molecular weight is 317 g/mol. The van der Waals surface area contributed by atoms with Crippen molar-refractivity contribution in [3.05, 3.63) is 64.1 Å². The summed E-state index contributed by atoms with van der Waals surface area (Å²) >= 11 is 3.47. The number of aryl methyl sites for hydroxylation is 1. The molecule has 0 bridgehead atoms. The standard InChI is InChI=1S/C17H17BrO/c18-15-8-4-9-16(11-15)19-12-14-7-3-6-13-5-1-2-10-17(13)14/h1-2,4-5,8-11,14H,3,6-7,12H2. The van der Waals surface area contributed by atoms with Crippen molar-refractivity contribution in [3.63, 3.8) is 0 Å². The molecule has 2 aromatic rings. The van der Waals surface area contributed by atoms with Gasteiger partial charge in [0.15, 0.2) is 0 Å². The van der Waals surface area contributed by atoms with Crippen LogP contribution in [0, 0.1) is 0 Å². The highest BCUT2D eigenvalue weighted by molar-refractivity contribution is 9.10. The molecule has 2 aromatic carbocycles. The van der Waals surface area contributed by atoms with E-state index >= 15 is 0 Å². The van der Waals surface area contributed by atoms with E-state index in [1.165, 1.54) is 30.4 Å². The van der Waals surface area contributed by atoms with Gasteiger partial charge in [-0.05, 0) is 48.6 Å². The van der Waals surface area contributed by atoms with Gasteiger partial charge >= 0.3 is 0 Å². The Hall–Kier alpha value is -1.28. The molecule has 0 fully saturated rings. The fourth-order valence-electron chi connectivity index (χ4n) is 2.78. The van der Waals surface area contributed by atoms with Crippen molar-refractivity contribution in [2.45, 2.75) is 25.2 Å². The number of halogens is 1. The molecule has 0 radical (unpaired) electrons. The third kappa shape index (κ3) is 3.01. The molecule has 0 heterocycles. The van der Waals surface area contributed by atoms with Gasteiger partial charge in [-0.25, -0.2) is 0 Å². The summed E-state index contributed by atoms with van der Waals surface area (Å²) in [5.41, 5.74) is 2.97. The third-order valence-electron chi connectivity index (χ3n) is 3.74. The number of hydrogen-bond acceptors (Lipinski definition) is 1. The number of rotatable bonds is 3. The van der Waals surface area contributed by atoms with Gasteiger partial charge in [0, 0.05) is 10.4 Å². The number of fused-ring (bicyclic) bond motifs is 1. The summed E-state index contributed by atoms with van der Waals surface area (Å²) in [6.45, 7) is 0.771. The van der Waals surface area contributed by atoms with Crippen LogP contribution in [0.25, 0.3) is 0 Å². The summed E-state index contributed by atoms with van der Waals surface area (Å²) in [5.74, 6) is 1.47. The third-order valence-corrected chi connectivity index (χ3v) is 4.23. The highest BCUT2D eigenvalue weighted by Gasteiger charge is 2.20. The van der Waals surface area contributed by atoms with Crippen molar-refractivity contribution in [1.82, 2.24) is 0 Å². The van der Waals surface area contributed by atoms with Crippen molar-refractivity contribution in [2.75, 3.05) is 6.61 Å². The second-order valence-electron chi connectivity index (χ2n) is 5.06. The van der Waals surface area contributed by atoms with Crippen LogP contribution in [0.5, 0.6) is 5.75 Å². The number of hydrogen-bond donors (Lipinski definition) is 0. The van der Waals surface area contributed by atoms with E-state index in [-0.39, 0.29) is 0 Å². The minimum atomic E-state index is 0.531. The molecule has 0 saturated heterocycles. The maximum absolute atomic E-state index is 5.95. The van der Waals surface area contributed by atoms with E-state index in [1.54, 1.807) is 0 Å². The SMILES string of the molecule is Brc1cccc(OCC2CCCc3ccccc32)c1. The molecule has 1 atom stereocenters. The summed E-state index contributed by atoms with van der Waals surface area (Å²) < 4.78 is 7.02. The van der Waals surface area contributed by atoms with Gasteiger partial charge < -0.3 is 4.74 Å². The quantitative estimate of drug-likeness (QED) is 0.778. The van der Waals surface area contributed by atoms with Crippen LogP contribution in [-0.4, -0.2) is 6.61 Å². The number of benzene rings is 2. The Bertz CT molecular complexity index is 565. The van der Waals surface area contributed by atoms with Crippen molar-refractivity contribution in [3.8, 4) is 5.75 Å². The summed E-state index contributed by atoms with van der Waals surface area (Å²) in [4.78, 5) is 0. The van der Waals surface area contributed by atoms with Gasteiger partial charge in [-0.3, -0.25) is 0 Å². The Morgan fingerprint density at radius 1 is 1.11 bits per heavy atom. The maximum Gasteiger partial charge on any atom is 0.120 e. The van der Waals surface area contributed by atoms with E-state index < -0.39 is 0 Å². The van der Waals surface area contributed by atoms with Crippen molar-refractivity contribution in [1.29, 1.82) is 0 Å². The molecule has 19 heavy (non-hydrogen) atoms. The van der Waals surface area contributed by atoms with Crippen LogP contribution in [0.4, 0.5) is 0 Å². The van der Waals surface area contributed by atoms with Crippen LogP contribution in [-0.2, 0) is 6.42 Å². The van der Waals surface area contributed by atoms with Gasteiger partial charge in [0.25, 0.3) is 0 Å². The smallest absolute Gasteiger partial charge is 0.120 e. The summed E-state index contributed by atoms with van der Waals surface area (Å²) in [6, 6.07) is 16.8. The maximum atomic E-state index is 5.95. The van der Waals surface area contributed by atoms with E-state index in [9.17, 15) is 0 Å². The Labute approximate surface area is 122 Å². The van der Waals surface area contributed by atoms with Crippen LogP contribution >= 0.6 is 15.9 Å². The van der Waals surface area contributed by atoms with Gasteiger partial charge in [-0.15, -0.1) is 0 Å². The molecule has 98 valence electrons. The lowest BCUT2D eigenvalue weighted by Crippen LogP contribution is -2.16. The minimum Gasteiger partial charge on any atom is -0.493 e. The first kappa shape index (κ1) is 12.7. The molecule has 0 amide bonds. The van der Waals surface area contributed by atoms with Crippen molar-refractivity contribution < 1.29 is 4.74 Å². The predicted molar refractivity (Wildman–Crippen MR) is 81.8 cm³/mol. The molecule has 0 N–H and O–H groups in total. The average Bonchev–Trinajstić information content (AvgIpc) is 2.45. The minimum absolute atomic E-state index is 0.531. The predicted octanol–water partition coefficient (Wildman–Crippen LogP) is 4.95. The van der Waals surface area contributed by atoms with Crippen LogP contribution in [0.2, 0.25) is 0 Å². The molecule has 0 aliphatic heterocycles. The lowest BCUT2D eigenvalue weighted by molar-refractivity contribution is 0.274. The van der Waals surface area contributed by atoms with E-state index in [2.05, 4.69) is 40.2 Å². The van der Waals surface area contributed by atoms with Gasteiger partial charge in [0.05, 0.1) is 6.61 Å². The van der Waals surface area contributed by atoms with Crippen LogP contribution in [0.3, 0.4) is 0 Å². The van der Waals surface area contributed by atoms with Crippen LogP contribution < -0.4 is 4.74 Å². The summed E-state index contributed by atoms with van der Waals surface area (Å²) in [7, 11) is 0. The molecule has 0 spiro atoms. The monoisotopic (exact) mass is 316 g/mol. The summed E-state index contributed by atoms with van der Waals surface area (Å²) in [5, 5.41) is 0. The molecule has 1 nitrogen and oxygen atoms in total. The van der Waals surface area contributed by atoms with Crippen LogP contribution in [0.1, 0.15) is 29.9 Å². The lowest BCUT2D eigenvalue weighted by Gasteiger charge is -2.25. The molecular formula is C17H17BrO. The summed E-state index contributed by atoms with van der Waals surface area (Å²) in [6.07, 6.45) is 3.71. The Morgan fingerprint density at radius 3 is 2.89 bits per heavy atom. The van der Waals surface area contributed by atoms with Gasteiger partial charge in [0.2, 0.25) is 0 Å². The van der Waals surface area contributed by atoms with E-state index in [0.717, 1.165) is 16.8 Å². The zero-order valence-electron chi connectivity index (χ0n) is 10.8. The normalized spacial score (nSPS) is 17.8. The highest BCUT2D eigenvalue weighted by atomic mass is 79.9. The van der Waals surface area contributed by atoms with E-state index in [1.807, 2.05) is 24.3 Å². The van der Waals surface area contributed by atoms with Crippen LogP contribution in [0.15, 0.2) is 53.0 Å². The highest BCUT2D eigenvalue weighted by Crippen LogP contribution is 2.32. The second-order valence-corrected chi connectivity index (χ2v) is 5.97. The Morgan fingerprint density at radius 2 is 2.00 bits per heavy atom. The first-order chi connectivity index (χ1) is 9.33. The van der Waals surface area contributed by atoms with Gasteiger partial charge in [-0.1, -0.05) is 46.3 Å². The van der Waals surface area contributed by atoms with Gasteiger partial charge in [-0.2, -0.15) is 0 Å². The zero-order valence-corrected chi connectivity index (χ0v) is 12.4. The van der Waals surface area contributed by atoms with Crippen molar-refractivity contribution >= 4 is 15.9 Å².